The number of nitrogens with one attached hydrogen (secondary N) is 2. The first-order valence-corrected chi connectivity index (χ1v) is 7.58. The van der Waals surface area contributed by atoms with Gasteiger partial charge in [0.05, 0.1) is 0 Å². The Balaban J connectivity index is 1.50. The van der Waals surface area contributed by atoms with Crippen molar-refractivity contribution in [1.29, 1.82) is 0 Å². The fourth-order valence-corrected chi connectivity index (χ4v) is 2.32. The molecule has 3 rings (SSSR count). The van der Waals surface area contributed by atoms with Gasteiger partial charge in [0.2, 0.25) is 5.91 Å². The van der Waals surface area contributed by atoms with Gasteiger partial charge in [-0.05, 0) is 55.9 Å². The molecule has 0 bridgehead atoms. The van der Waals surface area contributed by atoms with Gasteiger partial charge in [0, 0.05) is 29.8 Å². The zero-order valence-electron chi connectivity index (χ0n) is 12.0. The van der Waals surface area contributed by atoms with Crippen LogP contribution in [0.3, 0.4) is 0 Å². The van der Waals surface area contributed by atoms with Crippen LogP contribution in [0.15, 0.2) is 24.3 Å². The van der Waals surface area contributed by atoms with Crippen LogP contribution in [0, 0.1) is 5.92 Å². The normalized spacial score (nSPS) is 18.9. The van der Waals surface area contributed by atoms with Crippen LogP contribution < -0.4 is 16.4 Å². The van der Waals surface area contributed by atoms with E-state index in [9.17, 15) is 9.59 Å². The van der Waals surface area contributed by atoms with Gasteiger partial charge in [-0.3, -0.25) is 9.59 Å². The largest absolute Gasteiger partial charge is 0.349 e. The molecule has 5 heteroatoms. The van der Waals surface area contributed by atoms with Crippen molar-refractivity contribution >= 4 is 17.5 Å². The molecular formula is C16H21N3O2. The van der Waals surface area contributed by atoms with Gasteiger partial charge < -0.3 is 16.4 Å². The molecule has 2 saturated carbocycles. The lowest BCUT2D eigenvalue weighted by Crippen LogP contribution is -2.29. The van der Waals surface area contributed by atoms with Crippen molar-refractivity contribution in [3.63, 3.8) is 0 Å². The summed E-state index contributed by atoms with van der Waals surface area (Å²) in [6, 6.07) is 7.28. The number of nitrogens with two attached hydrogens (primary N) is 1. The minimum absolute atomic E-state index is 0.0337. The van der Waals surface area contributed by atoms with E-state index in [4.69, 9.17) is 5.73 Å². The number of carbonyl (C=O) groups excluding carboxylic acids is 2. The maximum absolute atomic E-state index is 11.9. The highest BCUT2D eigenvalue weighted by Gasteiger charge is 2.29. The summed E-state index contributed by atoms with van der Waals surface area (Å²) in [5.74, 6) is 0.403. The first kappa shape index (κ1) is 14.1. The van der Waals surface area contributed by atoms with Crippen LogP contribution in [0.25, 0.3) is 0 Å². The number of amides is 2. The van der Waals surface area contributed by atoms with E-state index in [1.54, 1.807) is 24.3 Å². The van der Waals surface area contributed by atoms with Crippen molar-refractivity contribution in [2.45, 2.75) is 44.2 Å². The topological polar surface area (TPSA) is 84.2 Å². The van der Waals surface area contributed by atoms with Crippen LogP contribution in [0.1, 0.15) is 42.5 Å². The molecule has 2 aliphatic rings. The van der Waals surface area contributed by atoms with E-state index >= 15 is 0 Å². The fraction of sp³-hybridized carbons (Fsp3) is 0.500. The Hall–Kier alpha value is -1.88. The summed E-state index contributed by atoms with van der Waals surface area (Å²) in [6.45, 7) is 0. The lowest BCUT2D eigenvalue weighted by atomic mass is 10.1. The number of rotatable bonds is 6. The Morgan fingerprint density at radius 3 is 2.38 bits per heavy atom. The van der Waals surface area contributed by atoms with Crippen LogP contribution in [0.2, 0.25) is 0 Å². The molecule has 1 aromatic rings. The second-order valence-corrected chi connectivity index (χ2v) is 6.08. The lowest BCUT2D eigenvalue weighted by molar-refractivity contribution is -0.116. The van der Waals surface area contributed by atoms with Gasteiger partial charge in [-0.1, -0.05) is 0 Å². The summed E-state index contributed by atoms with van der Waals surface area (Å²) in [4.78, 5) is 23.7. The summed E-state index contributed by atoms with van der Waals surface area (Å²) in [5, 5.41) is 5.76. The van der Waals surface area contributed by atoms with Crippen LogP contribution in [0.5, 0.6) is 0 Å². The van der Waals surface area contributed by atoms with E-state index in [0.717, 1.165) is 25.7 Å². The van der Waals surface area contributed by atoms with Gasteiger partial charge in [0.1, 0.15) is 0 Å². The third kappa shape index (κ3) is 4.04. The Kier molecular flexibility index (Phi) is 3.92. The Bertz CT molecular complexity index is 533. The zero-order chi connectivity index (χ0) is 14.8. The maximum atomic E-state index is 11.9. The van der Waals surface area contributed by atoms with E-state index in [-0.39, 0.29) is 17.9 Å². The van der Waals surface area contributed by atoms with Crippen LogP contribution >= 0.6 is 0 Å². The summed E-state index contributed by atoms with van der Waals surface area (Å²) >= 11 is 0. The number of carbonyl (C=O) groups is 2. The van der Waals surface area contributed by atoms with Gasteiger partial charge in [-0.15, -0.1) is 0 Å². The fourth-order valence-electron chi connectivity index (χ4n) is 2.32. The average Bonchev–Trinajstić information content (AvgIpc) is 3.33. The van der Waals surface area contributed by atoms with Gasteiger partial charge in [0.25, 0.3) is 5.91 Å². The van der Waals surface area contributed by atoms with Crippen molar-refractivity contribution in [2.75, 3.05) is 5.32 Å². The van der Waals surface area contributed by atoms with E-state index in [1.807, 2.05) is 0 Å². The minimum Gasteiger partial charge on any atom is -0.349 e. The van der Waals surface area contributed by atoms with Gasteiger partial charge in [-0.25, -0.2) is 0 Å². The third-order valence-electron chi connectivity index (χ3n) is 3.99. The van der Waals surface area contributed by atoms with Gasteiger partial charge in [-0.2, -0.15) is 0 Å². The van der Waals surface area contributed by atoms with Crippen molar-refractivity contribution in [1.82, 2.24) is 5.32 Å². The molecule has 2 fully saturated rings. The van der Waals surface area contributed by atoms with Gasteiger partial charge in [0.15, 0.2) is 0 Å². The summed E-state index contributed by atoms with van der Waals surface area (Å²) < 4.78 is 0. The molecule has 1 atom stereocenters. The third-order valence-corrected chi connectivity index (χ3v) is 3.99. The number of benzene rings is 1. The molecule has 2 aliphatic carbocycles. The SMILES string of the molecule is NC(CC(=O)Nc1ccc(C(=O)NC2CC2)cc1)C1CC1. The number of hydrogen-bond donors (Lipinski definition) is 3. The van der Waals surface area contributed by atoms with Crippen molar-refractivity contribution in [3.8, 4) is 0 Å². The Morgan fingerprint density at radius 2 is 1.81 bits per heavy atom. The second-order valence-electron chi connectivity index (χ2n) is 6.08. The molecule has 0 saturated heterocycles. The van der Waals surface area contributed by atoms with Crippen molar-refractivity contribution in [3.05, 3.63) is 29.8 Å². The summed E-state index contributed by atoms with van der Waals surface area (Å²) in [5.41, 5.74) is 7.26. The van der Waals surface area contributed by atoms with E-state index in [1.165, 1.54) is 0 Å². The van der Waals surface area contributed by atoms with E-state index in [2.05, 4.69) is 10.6 Å². The van der Waals surface area contributed by atoms with Crippen molar-refractivity contribution in [2.24, 2.45) is 11.7 Å². The van der Waals surface area contributed by atoms with Crippen LogP contribution in [-0.4, -0.2) is 23.9 Å². The molecule has 2 amide bonds. The highest BCUT2D eigenvalue weighted by Crippen LogP contribution is 2.32. The molecule has 112 valence electrons. The molecule has 1 aromatic carbocycles. The molecular weight excluding hydrogens is 266 g/mol. The van der Waals surface area contributed by atoms with E-state index in [0.29, 0.717) is 29.6 Å². The molecule has 0 heterocycles. The second kappa shape index (κ2) is 5.85. The molecule has 1 unspecified atom stereocenters. The van der Waals surface area contributed by atoms with Crippen LogP contribution in [0.4, 0.5) is 5.69 Å². The summed E-state index contributed by atoms with van der Waals surface area (Å²) in [7, 11) is 0. The van der Waals surface area contributed by atoms with Gasteiger partial charge >= 0.3 is 0 Å². The first-order valence-electron chi connectivity index (χ1n) is 7.58. The highest BCUT2D eigenvalue weighted by atomic mass is 16.2. The highest BCUT2D eigenvalue weighted by molar-refractivity contribution is 5.96. The minimum atomic E-state index is -0.0652. The predicted molar refractivity (Wildman–Crippen MR) is 80.9 cm³/mol. The van der Waals surface area contributed by atoms with Crippen molar-refractivity contribution < 1.29 is 9.59 Å². The molecule has 5 nitrogen and oxygen atoms in total. The standard InChI is InChI=1S/C16H21N3O2/c17-14(10-1-2-10)9-15(20)18-12-5-3-11(4-6-12)16(21)19-13-7-8-13/h3-6,10,13-14H,1-2,7-9,17H2,(H,18,20)(H,19,21). The molecule has 4 N–H and O–H groups in total. The molecule has 0 aliphatic heterocycles. The van der Waals surface area contributed by atoms with Crippen LogP contribution in [-0.2, 0) is 4.79 Å². The summed E-state index contributed by atoms with van der Waals surface area (Å²) in [6.07, 6.45) is 4.77. The quantitative estimate of drug-likeness (QED) is 0.743. The Labute approximate surface area is 124 Å². The Morgan fingerprint density at radius 1 is 1.14 bits per heavy atom. The monoisotopic (exact) mass is 287 g/mol. The smallest absolute Gasteiger partial charge is 0.251 e. The number of hydrogen-bond acceptors (Lipinski definition) is 3. The number of anilines is 1. The molecule has 0 radical (unpaired) electrons. The lowest BCUT2D eigenvalue weighted by Gasteiger charge is -2.11. The maximum Gasteiger partial charge on any atom is 0.251 e. The zero-order valence-corrected chi connectivity index (χ0v) is 12.0. The molecule has 0 spiro atoms. The molecule has 21 heavy (non-hydrogen) atoms. The first-order chi connectivity index (χ1) is 10.1. The molecule has 0 aromatic heterocycles. The predicted octanol–water partition coefficient (Wildman–Crippen LogP) is 1.64. The van der Waals surface area contributed by atoms with E-state index < -0.39 is 0 Å². The average molecular weight is 287 g/mol.